The molecule has 1 aliphatic carbocycles. The van der Waals surface area contributed by atoms with Gasteiger partial charge in [0.05, 0.1) is 0 Å². The summed E-state index contributed by atoms with van der Waals surface area (Å²) in [6, 6.07) is 0. The molecule has 0 aliphatic heterocycles. The van der Waals surface area contributed by atoms with Crippen LogP contribution in [-0.2, 0) is 0 Å². The van der Waals surface area contributed by atoms with Crippen molar-refractivity contribution >= 4 is 0 Å². The van der Waals surface area contributed by atoms with Crippen molar-refractivity contribution in [1.82, 2.24) is 0 Å². The van der Waals surface area contributed by atoms with Gasteiger partial charge in [-0.3, -0.25) is 0 Å². The zero-order chi connectivity index (χ0) is 8.69. The van der Waals surface area contributed by atoms with E-state index in [2.05, 4.69) is 26.0 Å². The summed E-state index contributed by atoms with van der Waals surface area (Å²) in [5.74, 6) is 1.85. The van der Waals surface area contributed by atoms with Crippen LogP contribution in [0.4, 0.5) is 0 Å². The van der Waals surface area contributed by atoms with Gasteiger partial charge in [0, 0.05) is 7.11 Å². The third-order valence-corrected chi connectivity index (χ3v) is 2.25. The molecular weight excluding hydrogens is 136 g/mol. The first-order chi connectivity index (χ1) is 5.30. The van der Waals surface area contributed by atoms with Gasteiger partial charge in [0.2, 0.25) is 0 Å². The summed E-state index contributed by atoms with van der Waals surface area (Å²) in [5, 5.41) is 7.00. The molecule has 0 fully saturated rings. The van der Waals surface area contributed by atoms with Gasteiger partial charge in [-0.15, -0.1) is 0 Å². The molecule has 0 heterocycles. The van der Waals surface area contributed by atoms with Crippen molar-refractivity contribution in [2.45, 2.75) is 33.1 Å². The van der Waals surface area contributed by atoms with Crippen LogP contribution in [0, 0.1) is 11.8 Å². The van der Waals surface area contributed by atoms with Crippen LogP contribution >= 0.6 is 0 Å². The van der Waals surface area contributed by atoms with Crippen molar-refractivity contribution in [2.75, 3.05) is 7.11 Å². The largest absolute Gasteiger partial charge is 0.400 e. The maximum absolute atomic E-state index is 7.00. The molecule has 0 aromatic carbocycles. The van der Waals surface area contributed by atoms with E-state index in [0.29, 0.717) is 0 Å². The Morgan fingerprint density at radius 2 is 1.91 bits per heavy atom. The summed E-state index contributed by atoms with van der Waals surface area (Å²) in [6.45, 7) is 4.65. The molecule has 1 heteroatoms. The molecule has 1 N–H and O–H groups in total. The molecule has 1 atom stereocenters. The van der Waals surface area contributed by atoms with Gasteiger partial charge in [-0.25, -0.2) is 0 Å². The molecule has 0 saturated heterocycles. The second-order valence-corrected chi connectivity index (χ2v) is 3.29. The molecule has 1 nitrogen and oxygen atoms in total. The monoisotopic (exact) mass is 156 g/mol. The molecule has 1 aliphatic rings. The van der Waals surface area contributed by atoms with Crippen LogP contribution in [-0.4, -0.2) is 12.2 Å². The second-order valence-electron chi connectivity index (χ2n) is 3.29. The maximum atomic E-state index is 7.00. The Morgan fingerprint density at radius 1 is 1.27 bits per heavy atom. The Kier molecular flexibility index (Phi) is 6.24. The minimum absolute atomic E-state index is 0.884. The van der Waals surface area contributed by atoms with Gasteiger partial charge in [-0.05, 0) is 31.1 Å². The minimum atomic E-state index is 0.884. The second kappa shape index (κ2) is 6.41. The summed E-state index contributed by atoms with van der Waals surface area (Å²) < 4.78 is 0. The van der Waals surface area contributed by atoms with E-state index in [4.69, 9.17) is 5.11 Å². The fraction of sp³-hybridized carbons (Fsp3) is 0.800. The number of aliphatic hydroxyl groups excluding tert-OH is 1. The topological polar surface area (TPSA) is 20.2 Å². The van der Waals surface area contributed by atoms with Gasteiger partial charge in [0.1, 0.15) is 0 Å². The van der Waals surface area contributed by atoms with Crippen LogP contribution in [0.1, 0.15) is 33.1 Å². The van der Waals surface area contributed by atoms with E-state index in [0.717, 1.165) is 18.9 Å². The van der Waals surface area contributed by atoms with Crippen LogP contribution in [0.5, 0.6) is 0 Å². The molecule has 0 spiro atoms. The first kappa shape index (κ1) is 10.7. The van der Waals surface area contributed by atoms with E-state index in [9.17, 15) is 0 Å². The predicted octanol–water partition coefficient (Wildman–Crippen LogP) is 2.61. The highest BCUT2D eigenvalue weighted by atomic mass is 16.2. The van der Waals surface area contributed by atoms with E-state index < -0.39 is 0 Å². The number of aliphatic hydroxyl groups is 1. The Bertz CT molecular complexity index is 105. The third kappa shape index (κ3) is 4.20. The van der Waals surface area contributed by atoms with E-state index in [1.165, 1.54) is 19.3 Å². The number of allylic oxidation sites excluding steroid dienone is 2. The van der Waals surface area contributed by atoms with Gasteiger partial charge < -0.3 is 5.11 Å². The lowest BCUT2D eigenvalue weighted by molar-refractivity contribution is 0.356. The summed E-state index contributed by atoms with van der Waals surface area (Å²) in [7, 11) is 1.00. The molecule has 66 valence electrons. The van der Waals surface area contributed by atoms with Crippen molar-refractivity contribution < 1.29 is 5.11 Å². The van der Waals surface area contributed by atoms with Crippen LogP contribution in [0.15, 0.2) is 12.2 Å². The Labute approximate surface area is 70.1 Å². The SMILES string of the molecule is CC(C)C1CC=CCC1.CO. The molecule has 0 aromatic heterocycles. The number of hydrogen-bond acceptors (Lipinski definition) is 1. The molecule has 1 rings (SSSR count). The maximum Gasteiger partial charge on any atom is 0.0319 e. The molecule has 0 amide bonds. The van der Waals surface area contributed by atoms with Crippen molar-refractivity contribution in [1.29, 1.82) is 0 Å². The van der Waals surface area contributed by atoms with Gasteiger partial charge in [-0.2, -0.15) is 0 Å². The quantitative estimate of drug-likeness (QED) is 0.579. The average Bonchev–Trinajstić information content (AvgIpc) is 2.10. The Balaban J connectivity index is 0.000000461. The molecule has 0 aromatic rings. The van der Waals surface area contributed by atoms with E-state index >= 15 is 0 Å². The number of rotatable bonds is 1. The van der Waals surface area contributed by atoms with Crippen molar-refractivity contribution in [3.63, 3.8) is 0 Å². The smallest absolute Gasteiger partial charge is 0.0319 e. The summed E-state index contributed by atoms with van der Waals surface area (Å²) >= 11 is 0. The van der Waals surface area contributed by atoms with Crippen LogP contribution in [0.25, 0.3) is 0 Å². The molecular formula is C10H20O. The lowest BCUT2D eigenvalue weighted by Gasteiger charge is -2.20. The van der Waals surface area contributed by atoms with Crippen molar-refractivity contribution in [2.24, 2.45) is 11.8 Å². The standard InChI is InChI=1S/C9H16.CH4O/c1-8(2)9-6-4-3-5-7-9;1-2/h3-4,8-9H,5-7H2,1-2H3;2H,1H3. The lowest BCUT2D eigenvalue weighted by atomic mass is 9.85. The van der Waals surface area contributed by atoms with Crippen LogP contribution in [0.2, 0.25) is 0 Å². The average molecular weight is 156 g/mol. The van der Waals surface area contributed by atoms with Gasteiger partial charge in [-0.1, -0.05) is 26.0 Å². The van der Waals surface area contributed by atoms with E-state index in [-0.39, 0.29) is 0 Å². The molecule has 0 saturated carbocycles. The number of hydrogen-bond donors (Lipinski definition) is 1. The molecule has 0 radical (unpaired) electrons. The first-order valence-corrected chi connectivity index (χ1v) is 4.40. The Morgan fingerprint density at radius 3 is 2.18 bits per heavy atom. The molecule has 11 heavy (non-hydrogen) atoms. The van der Waals surface area contributed by atoms with Gasteiger partial charge >= 0.3 is 0 Å². The summed E-state index contributed by atoms with van der Waals surface area (Å²) in [5.41, 5.74) is 0. The normalized spacial score (nSPS) is 22.8. The van der Waals surface area contributed by atoms with E-state index in [1.807, 2.05) is 0 Å². The van der Waals surface area contributed by atoms with Crippen molar-refractivity contribution in [3.05, 3.63) is 12.2 Å². The molecule has 1 unspecified atom stereocenters. The first-order valence-electron chi connectivity index (χ1n) is 4.40. The lowest BCUT2D eigenvalue weighted by Crippen LogP contribution is -2.09. The zero-order valence-electron chi connectivity index (χ0n) is 7.88. The third-order valence-electron chi connectivity index (χ3n) is 2.25. The Hall–Kier alpha value is -0.300. The predicted molar refractivity (Wildman–Crippen MR) is 49.5 cm³/mol. The van der Waals surface area contributed by atoms with Crippen molar-refractivity contribution in [3.8, 4) is 0 Å². The highest BCUT2D eigenvalue weighted by Crippen LogP contribution is 2.24. The summed E-state index contributed by atoms with van der Waals surface area (Å²) in [6.07, 6.45) is 8.67. The summed E-state index contributed by atoms with van der Waals surface area (Å²) in [4.78, 5) is 0. The van der Waals surface area contributed by atoms with E-state index in [1.54, 1.807) is 0 Å². The fourth-order valence-corrected chi connectivity index (χ4v) is 1.42. The molecule has 0 bridgehead atoms. The van der Waals surface area contributed by atoms with Crippen LogP contribution < -0.4 is 0 Å². The fourth-order valence-electron chi connectivity index (χ4n) is 1.42. The highest BCUT2D eigenvalue weighted by molar-refractivity contribution is 4.90. The zero-order valence-corrected chi connectivity index (χ0v) is 7.88. The van der Waals surface area contributed by atoms with Gasteiger partial charge in [0.15, 0.2) is 0 Å². The highest BCUT2D eigenvalue weighted by Gasteiger charge is 2.12. The minimum Gasteiger partial charge on any atom is -0.400 e. The van der Waals surface area contributed by atoms with Crippen LogP contribution in [0.3, 0.4) is 0 Å². The van der Waals surface area contributed by atoms with Gasteiger partial charge in [0.25, 0.3) is 0 Å².